The standard InChI is InChI=1S/C30H17ClN4/c31-26-17-22(18-32)27(24-10-5-4-9-23(24)26)30-34-28(25-11-6-16-33-29(25)35-30)21-14-12-20(13-15-21)19-7-2-1-3-8-19/h1-17H. The van der Waals surface area contributed by atoms with Crippen LogP contribution >= 0.6 is 11.6 Å². The average molecular weight is 469 g/mol. The van der Waals surface area contributed by atoms with Gasteiger partial charge in [-0.1, -0.05) is 90.5 Å². The molecular formula is C30H17ClN4. The smallest absolute Gasteiger partial charge is 0.164 e. The van der Waals surface area contributed by atoms with Gasteiger partial charge in [0.1, 0.15) is 0 Å². The molecule has 4 aromatic carbocycles. The number of halogens is 1. The summed E-state index contributed by atoms with van der Waals surface area (Å²) in [4.78, 5) is 14.3. The first-order chi connectivity index (χ1) is 17.2. The van der Waals surface area contributed by atoms with Gasteiger partial charge in [0.25, 0.3) is 0 Å². The number of hydrogen-bond donors (Lipinski definition) is 0. The highest BCUT2D eigenvalue weighted by atomic mass is 35.5. The summed E-state index contributed by atoms with van der Waals surface area (Å²) < 4.78 is 0. The summed E-state index contributed by atoms with van der Waals surface area (Å²) in [7, 11) is 0. The van der Waals surface area contributed by atoms with Gasteiger partial charge in [0, 0.05) is 33.1 Å². The van der Waals surface area contributed by atoms with E-state index in [1.165, 1.54) is 0 Å². The van der Waals surface area contributed by atoms with E-state index in [-0.39, 0.29) is 0 Å². The molecule has 2 heterocycles. The number of pyridine rings is 1. The van der Waals surface area contributed by atoms with Crippen LogP contribution < -0.4 is 0 Å². The summed E-state index contributed by atoms with van der Waals surface area (Å²) in [6.07, 6.45) is 1.71. The van der Waals surface area contributed by atoms with E-state index >= 15 is 0 Å². The number of aromatic nitrogens is 3. The van der Waals surface area contributed by atoms with Gasteiger partial charge in [-0.3, -0.25) is 0 Å². The van der Waals surface area contributed by atoms with Crippen LogP contribution in [0, 0.1) is 11.3 Å². The van der Waals surface area contributed by atoms with Crippen molar-refractivity contribution >= 4 is 33.4 Å². The van der Waals surface area contributed by atoms with Crippen molar-refractivity contribution in [1.29, 1.82) is 5.26 Å². The second-order valence-electron chi connectivity index (χ2n) is 8.15. The molecule has 0 aliphatic rings. The Hall–Kier alpha value is -4.59. The molecule has 6 rings (SSSR count). The fraction of sp³-hybridized carbons (Fsp3) is 0. The second-order valence-corrected chi connectivity index (χ2v) is 8.56. The third kappa shape index (κ3) is 3.69. The highest BCUT2D eigenvalue weighted by Gasteiger charge is 2.18. The van der Waals surface area contributed by atoms with Crippen LogP contribution in [0.3, 0.4) is 0 Å². The molecule has 35 heavy (non-hydrogen) atoms. The Labute approximate surface area is 207 Å². The van der Waals surface area contributed by atoms with Crippen molar-refractivity contribution < 1.29 is 0 Å². The number of nitrogens with zero attached hydrogens (tertiary/aromatic N) is 4. The van der Waals surface area contributed by atoms with E-state index in [9.17, 15) is 5.26 Å². The first-order valence-electron chi connectivity index (χ1n) is 11.1. The van der Waals surface area contributed by atoms with Gasteiger partial charge in [0.15, 0.2) is 11.5 Å². The van der Waals surface area contributed by atoms with Crippen LogP contribution in [0.15, 0.2) is 103 Å². The molecule has 164 valence electrons. The van der Waals surface area contributed by atoms with Gasteiger partial charge < -0.3 is 0 Å². The van der Waals surface area contributed by atoms with Crippen molar-refractivity contribution in [2.75, 3.05) is 0 Å². The monoisotopic (exact) mass is 468 g/mol. The van der Waals surface area contributed by atoms with Gasteiger partial charge in [-0.25, -0.2) is 15.0 Å². The molecule has 0 aliphatic carbocycles. The third-order valence-corrected chi connectivity index (χ3v) is 6.39. The van der Waals surface area contributed by atoms with Gasteiger partial charge in [-0.05, 0) is 34.7 Å². The normalized spacial score (nSPS) is 11.0. The van der Waals surface area contributed by atoms with Crippen LogP contribution in [0.5, 0.6) is 0 Å². The van der Waals surface area contributed by atoms with E-state index in [2.05, 4.69) is 47.5 Å². The van der Waals surface area contributed by atoms with Crippen LogP contribution in [-0.4, -0.2) is 15.0 Å². The van der Waals surface area contributed by atoms with E-state index in [1.807, 2.05) is 54.6 Å². The Balaban J connectivity index is 1.59. The molecule has 0 amide bonds. The molecule has 0 fully saturated rings. The Morgan fingerprint density at radius 3 is 2.09 bits per heavy atom. The minimum Gasteiger partial charge on any atom is -0.236 e. The summed E-state index contributed by atoms with van der Waals surface area (Å²) in [5.74, 6) is 0.447. The number of nitriles is 1. The first-order valence-corrected chi connectivity index (χ1v) is 11.5. The highest BCUT2D eigenvalue weighted by molar-refractivity contribution is 6.36. The lowest BCUT2D eigenvalue weighted by Crippen LogP contribution is -1.99. The maximum atomic E-state index is 9.92. The van der Waals surface area contributed by atoms with Crippen LogP contribution in [-0.2, 0) is 0 Å². The van der Waals surface area contributed by atoms with Crippen molar-refractivity contribution in [1.82, 2.24) is 15.0 Å². The lowest BCUT2D eigenvalue weighted by molar-refractivity contribution is 1.19. The fourth-order valence-corrected chi connectivity index (χ4v) is 4.68. The Kier molecular flexibility index (Phi) is 5.18. The van der Waals surface area contributed by atoms with E-state index < -0.39 is 0 Å². The second kappa shape index (κ2) is 8.64. The summed E-state index contributed by atoms with van der Waals surface area (Å²) in [5.41, 5.74) is 5.64. The molecule has 6 aromatic rings. The zero-order chi connectivity index (χ0) is 23.8. The van der Waals surface area contributed by atoms with E-state index in [0.29, 0.717) is 27.6 Å². The van der Waals surface area contributed by atoms with Gasteiger partial charge in [-0.15, -0.1) is 0 Å². The lowest BCUT2D eigenvalue weighted by Gasteiger charge is -2.13. The van der Waals surface area contributed by atoms with Crippen LogP contribution in [0.1, 0.15) is 5.56 Å². The van der Waals surface area contributed by atoms with Gasteiger partial charge in [-0.2, -0.15) is 5.26 Å². The summed E-state index contributed by atoms with van der Waals surface area (Å²) in [5, 5.41) is 13.0. The van der Waals surface area contributed by atoms with Crippen LogP contribution in [0.4, 0.5) is 0 Å². The molecule has 0 atom stereocenters. The molecule has 5 heteroatoms. The zero-order valence-corrected chi connectivity index (χ0v) is 19.2. The van der Waals surface area contributed by atoms with Crippen LogP contribution in [0.2, 0.25) is 5.02 Å². The van der Waals surface area contributed by atoms with E-state index in [0.717, 1.165) is 38.5 Å². The van der Waals surface area contributed by atoms with Crippen molar-refractivity contribution in [2.24, 2.45) is 0 Å². The number of fused-ring (bicyclic) bond motifs is 2. The summed E-state index contributed by atoms with van der Waals surface area (Å²) in [6.45, 7) is 0. The SMILES string of the molecule is N#Cc1cc(Cl)c2ccccc2c1-c1nc(-c2ccc(-c3ccccc3)cc2)c2cccnc2n1. The summed E-state index contributed by atoms with van der Waals surface area (Å²) >= 11 is 6.48. The number of rotatable bonds is 3. The number of hydrogen-bond acceptors (Lipinski definition) is 4. The predicted octanol–water partition coefficient (Wildman–Crippen LogP) is 7.70. The molecule has 0 unspecified atom stereocenters. The largest absolute Gasteiger partial charge is 0.236 e. The minimum absolute atomic E-state index is 0.425. The predicted molar refractivity (Wildman–Crippen MR) is 141 cm³/mol. The Morgan fingerprint density at radius 2 is 1.31 bits per heavy atom. The Morgan fingerprint density at radius 1 is 0.657 bits per heavy atom. The molecule has 0 saturated heterocycles. The van der Waals surface area contributed by atoms with Gasteiger partial charge >= 0.3 is 0 Å². The molecule has 0 aliphatic heterocycles. The molecular weight excluding hydrogens is 452 g/mol. The van der Waals surface area contributed by atoms with Crippen molar-refractivity contribution in [3.05, 3.63) is 114 Å². The maximum Gasteiger partial charge on any atom is 0.164 e. The minimum atomic E-state index is 0.425. The average Bonchev–Trinajstić information content (AvgIpc) is 2.93. The topological polar surface area (TPSA) is 62.5 Å². The lowest BCUT2D eigenvalue weighted by atomic mass is 9.98. The van der Waals surface area contributed by atoms with E-state index in [4.69, 9.17) is 21.6 Å². The molecule has 0 radical (unpaired) electrons. The molecule has 0 N–H and O–H groups in total. The van der Waals surface area contributed by atoms with Crippen molar-refractivity contribution in [2.45, 2.75) is 0 Å². The van der Waals surface area contributed by atoms with E-state index in [1.54, 1.807) is 12.3 Å². The third-order valence-electron chi connectivity index (χ3n) is 6.07. The van der Waals surface area contributed by atoms with Crippen LogP contribution in [0.25, 0.3) is 55.6 Å². The molecule has 0 spiro atoms. The first kappa shape index (κ1) is 21.0. The highest BCUT2D eigenvalue weighted by Crippen LogP contribution is 2.37. The molecule has 0 saturated carbocycles. The molecule has 2 aromatic heterocycles. The fourth-order valence-electron chi connectivity index (χ4n) is 4.41. The van der Waals surface area contributed by atoms with Crippen molar-refractivity contribution in [3.8, 4) is 39.8 Å². The molecule has 0 bridgehead atoms. The quantitative estimate of drug-likeness (QED) is 0.267. The van der Waals surface area contributed by atoms with Gasteiger partial charge in [0.05, 0.1) is 17.3 Å². The Bertz CT molecular complexity index is 1750. The summed E-state index contributed by atoms with van der Waals surface area (Å²) in [6, 6.07) is 34.1. The van der Waals surface area contributed by atoms with Crippen molar-refractivity contribution in [3.63, 3.8) is 0 Å². The number of benzene rings is 4. The zero-order valence-electron chi connectivity index (χ0n) is 18.5. The van der Waals surface area contributed by atoms with Gasteiger partial charge in [0.2, 0.25) is 0 Å². The molecule has 4 nitrogen and oxygen atoms in total. The maximum absolute atomic E-state index is 9.92.